The minimum atomic E-state index is -0.896. The molecule has 0 aromatic heterocycles. The summed E-state index contributed by atoms with van der Waals surface area (Å²) in [6.45, 7) is 3.61. The van der Waals surface area contributed by atoms with Crippen molar-refractivity contribution in [2.45, 2.75) is 37.7 Å². The first-order valence-corrected chi connectivity index (χ1v) is 9.87. The van der Waals surface area contributed by atoms with Crippen LogP contribution in [0.15, 0.2) is 47.4 Å². The molecule has 0 spiro atoms. The Bertz CT molecular complexity index is 876. The van der Waals surface area contributed by atoms with E-state index in [0.29, 0.717) is 29.0 Å². The smallest absolute Gasteiger partial charge is 0.338 e. The number of thioether (sulfide) groups is 1. The molecule has 0 saturated carbocycles. The number of esters is 1. The van der Waals surface area contributed by atoms with Gasteiger partial charge in [0.05, 0.1) is 11.3 Å². The second-order valence-corrected chi connectivity index (χ2v) is 7.46. The number of aryl methyl sites for hydroxylation is 1. The highest BCUT2D eigenvalue weighted by molar-refractivity contribution is 7.99. The third kappa shape index (κ3) is 4.57. The number of carbonyl (C=O) groups is 3. The van der Waals surface area contributed by atoms with Crippen molar-refractivity contribution in [1.82, 2.24) is 0 Å². The Morgan fingerprint density at radius 2 is 1.85 bits per heavy atom. The van der Waals surface area contributed by atoms with Crippen LogP contribution in [-0.2, 0) is 16.0 Å². The summed E-state index contributed by atoms with van der Waals surface area (Å²) in [5, 5.41) is 2.80. The quantitative estimate of drug-likeness (QED) is 0.621. The van der Waals surface area contributed by atoms with Gasteiger partial charge >= 0.3 is 5.97 Å². The average molecular weight is 383 g/mol. The number of amides is 1. The van der Waals surface area contributed by atoms with Crippen LogP contribution in [0.1, 0.15) is 46.5 Å². The van der Waals surface area contributed by atoms with Crippen molar-refractivity contribution in [2.75, 3.05) is 11.1 Å². The predicted octanol–water partition coefficient (Wildman–Crippen LogP) is 4.11. The second kappa shape index (κ2) is 8.39. The van der Waals surface area contributed by atoms with Gasteiger partial charge in [0.2, 0.25) is 11.7 Å². The van der Waals surface area contributed by atoms with Gasteiger partial charge in [-0.3, -0.25) is 9.59 Å². The molecule has 0 fully saturated rings. The highest BCUT2D eigenvalue weighted by Gasteiger charge is 2.22. The van der Waals surface area contributed by atoms with Crippen molar-refractivity contribution < 1.29 is 19.1 Å². The van der Waals surface area contributed by atoms with Crippen molar-refractivity contribution in [3.8, 4) is 0 Å². The molecule has 0 radical (unpaired) electrons. The Kier molecular flexibility index (Phi) is 5.96. The summed E-state index contributed by atoms with van der Waals surface area (Å²) in [7, 11) is 0. The number of hydrogen-bond acceptors (Lipinski definition) is 5. The molecule has 1 atom stereocenters. The molecule has 3 rings (SSSR count). The predicted molar refractivity (Wildman–Crippen MR) is 105 cm³/mol. The SMILES string of the molecule is CCc1ccc(C(=O)[C@@H](C)OC(=O)c2ccc3c(c2)NC(=O)CCS3)cc1. The molecule has 27 heavy (non-hydrogen) atoms. The first kappa shape index (κ1) is 19.2. The molecular formula is C21H21NO4S. The fourth-order valence-electron chi connectivity index (χ4n) is 2.77. The molecule has 1 N–H and O–H groups in total. The maximum absolute atomic E-state index is 12.5. The summed E-state index contributed by atoms with van der Waals surface area (Å²) < 4.78 is 5.35. The van der Waals surface area contributed by atoms with Crippen LogP contribution in [0.25, 0.3) is 0 Å². The summed E-state index contributed by atoms with van der Waals surface area (Å²) in [4.78, 5) is 37.6. The van der Waals surface area contributed by atoms with E-state index >= 15 is 0 Å². The molecule has 1 heterocycles. The van der Waals surface area contributed by atoms with Gasteiger partial charge in [-0.1, -0.05) is 31.2 Å². The Hall–Kier alpha value is -2.60. The lowest BCUT2D eigenvalue weighted by molar-refractivity contribution is -0.115. The fraction of sp³-hybridized carbons (Fsp3) is 0.286. The molecule has 6 heteroatoms. The standard InChI is InChI=1S/C21H21NO4S/c1-3-14-4-6-15(7-5-14)20(24)13(2)26-21(25)16-8-9-18-17(12-16)22-19(23)10-11-27-18/h4-9,12-13H,3,10-11H2,1-2H3,(H,22,23)/t13-/m1/s1. The van der Waals surface area contributed by atoms with Gasteiger partial charge in [-0.25, -0.2) is 4.79 Å². The molecule has 5 nitrogen and oxygen atoms in total. The third-order valence-corrected chi connectivity index (χ3v) is 5.45. The zero-order chi connectivity index (χ0) is 19.4. The van der Waals surface area contributed by atoms with Crippen molar-refractivity contribution >= 4 is 35.1 Å². The number of fused-ring (bicyclic) bond motifs is 1. The number of anilines is 1. The van der Waals surface area contributed by atoms with E-state index in [0.717, 1.165) is 16.9 Å². The highest BCUT2D eigenvalue weighted by atomic mass is 32.2. The van der Waals surface area contributed by atoms with E-state index in [1.54, 1.807) is 49.0 Å². The number of carbonyl (C=O) groups excluding carboxylic acids is 3. The van der Waals surface area contributed by atoms with E-state index in [9.17, 15) is 14.4 Å². The number of ketones is 1. The minimum absolute atomic E-state index is 0.0779. The minimum Gasteiger partial charge on any atom is -0.451 e. The van der Waals surface area contributed by atoms with Crippen LogP contribution in [-0.4, -0.2) is 29.5 Å². The van der Waals surface area contributed by atoms with Crippen molar-refractivity contribution in [3.63, 3.8) is 0 Å². The number of hydrogen-bond donors (Lipinski definition) is 1. The van der Waals surface area contributed by atoms with Crippen molar-refractivity contribution in [2.24, 2.45) is 0 Å². The normalized spacial score (nSPS) is 14.5. The van der Waals surface area contributed by atoms with Crippen LogP contribution < -0.4 is 5.32 Å². The van der Waals surface area contributed by atoms with Gasteiger partial charge in [0, 0.05) is 22.6 Å². The van der Waals surface area contributed by atoms with E-state index in [-0.39, 0.29) is 11.7 Å². The highest BCUT2D eigenvalue weighted by Crippen LogP contribution is 2.31. The van der Waals surface area contributed by atoms with Gasteiger partial charge in [-0.15, -0.1) is 11.8 Å². The molecule has 0 bridgehead atoms. The lowest BCUT2D eigenvalue weighted by Crippen LogP contribution is -2.24. The molecule has 2 aromatic carbocycles. The molecule has 0 aliphatic carbocycles. The van der Waals surface area contributed by atoms with E-state index in [1.807, 2.05) is 19.1 Å². The van der Waals surface area contributed by atoms with Gasteiger partial charge in [-0.2, -0.15) is 0 Å². The Labute approximate surface area is 162 Å². The number of ether oxygens (including phenoxy) is 1. The van der Waals surface area contributed by atoms with Gasteiger partial charge < -0.3 is 10.1 Å². The van der Waals surface area contributed by atoms with Crippen LogP contribution in [0, 0.1) is 0 Å². The molecule has 0 unspecified atom stereocenters. The number of benzene rings is 2. The second-order valence-electron chi connectivity index (χ2n) is 6.32. The van der Waals surface area contributed by atoms with Crippen LogP contribution in [0.5, 0.6) is 0 Å². The zero-order valence-electron chi connectivity index (χ0n) is 15.3. The molecule has 2 aromatic rings. The Morgan fingerprint density at radius 3 is 2.56 bits per heavy atom. The first-order valence-electron chi connectivity index (χ1n) is 8.88. The van der Waals surface area contributed by atoms with Gasteiger partial charge in [-0.05, 0) is 37.1 Å². The Morgan fingerprint density at radius 1 is 1.15 bits per heavy atom. The summed E-state index contributed by atoms with van der Waals surface area (Å²) in [5.41, 5.74) is 2.56. The number of nitrogens with one attached hydrogen (secondary N) is 1. The van der Waals surface area contributed by atoms with E-state index in [4.69, 9.17) is 4.74 Å². The summed E-state index contributed by atoms with van der Waals surface area (Å²) in [5.74, 6) is -0.215. The topological polar surface area (TPSA) is 72.5 Å². The molecular weight excluding hydrogens is 362 g/mol. The first-order chi connectivity index (χ1) is 13.0. The van der Waals surface area contributed by atoms with Crippen LogP contribution in [0.3, 0.4) is 0 Å². The van der Waals surface area contributed by atoms with E-state index in [1.165, 1.54) is 0 Å². The maximum atomic E-state index is 12.5. The zero-order valence-corrected chi connectivity index (χ0v) is 16.1. The molecule has 1 amide bonds. The lowest BCUT2D eigenvalue weighted by atomic mass is 10.0. The fourth-order valence-corrected chi connectivity index (χ4v) is 3.71. The number of rotatable bonds is 5. The average Bonchev–Trinajstić information content (AvgIpc) is 2.87. The number of Topliss-reactive ketones (excluding diaryl/α,β-unsaturated/α-hetero) is 1. The maximum Gasteiger partial charge on any atom is 0.338 e. The van der Waals surface area contributed by atoms with Crippen molar-refractivity contribution in [3.05, 3.63) is 59.2 Å². The molecule has 1 aliphatic rings. The van der Waals surface area contributed by atoms with Gasteiger partial charge in [0.15, 0.2) is 6.10 Å². The van der Waals surface area contributed by atoms with Crippen LogP contribution in [0.4, 0.5) is 5.69 Å². The van der Waals surface area contributed by atoms with Crippen molar-refractivity contribution in [1.29, 1.82) is 0 Å². The third-order valence-electron chi connectivity index (χ3n) is 4.38. The summed E-state index contributed by atoms with van der Waals surface area (Å²) >= 11 is 1.56. The van der Waals surface area contributed by atoms with Gasteiger partial charge in [0.1, 0.15) is 0 Å². The molecule has 140 valence electrons. The molecule has 1 aliphatic heterocycles. The van der Waals surface area contributed by atoms with Gasteiger partial charge in [0.25, 0.3) is 0 Å². The summed E-state index contributed by atoms with van der Waals surface area (Å²) in [6, 6.07) is 12.3. The van der Waals surface area contributed by atoms with E-state index < -0.39 is 12.1 Å². The van der Waals surface area contributed by atoms with Crippen LogP contribution >= 0.6 is 11.8 Å². The Balaban J connectivity index is 1.70. The lowest BCUT2D eigenvalue weighted by Gasteiger charge is -2.14. The monoisotopic (exact) mass is 383 g/mol. The summed E-state index contributed by atoms with van der Waals surface area (Å²) in [6.07, 6.45) is 0.431. The largest absolute Gasteiger partial charge is 0.451 e. The van der Waals surface area contributed by atoms with Crippen LogP contribution in [0.2, 0.25) is 0 Å². The molecule has 0 saturated heterocycles. The van der Waals surface area contributed by atoms with E-state index in [2.05, 4.69) is 5.32 Å².